The van der Waals surface area contributed by atoms with Gasteiger partial charge in [-0.3, -0.25) is 9.48 Å². The summed E-state index contributed by atoms with van der Waals surface area (Å²) >= 11 is 6.19. The molecule has 0 aliphatic carbocycles. The van der Waals surface area contributed by atoms with Crippen molar-refractivity contribution in [1.82, 2.24) is 15.1 Å². The minimum Gasteiger partial charge on any atom is -0.497 e. The van der Waals surface area contributed by atoms with Gasteiger partial charge in [0.15, 0.2) is 0 Å². The van der Waals surface area contributed by atoms with Crippen molar-refractivity contribution in [2.24, 2.45) is 0 Å². The first-order chi connectivity index (χ1) is 16.0. The van der Waals surface area contributed by atoms with Crippen molar-refractivity contribution in [2.75, 3.05) is 19.4 Å². The number of nitrogens with zero attached hydrogens (tertiary/aromatic N) is 2. The molecular weight excluding hydrogens is 436 g/mol. The van der Waals surface area contributed by atoms with Crippen LogP contribution >= 0.6 is 11.6 Å². The summed E-state index contributed by atoms with van der Waals surface area (Å²) in [6.07, 6.45) is 4.38. The molecule has 0 radical (unpaired) electrons. The minimum absolute atomic E-state index is 0.216. The van der Waals surface area contributed by atoms with Crippen LogP contribution in [0.5, 0.6) is 5.75 Å². The second-order valence-corrected chi connectivity index (χ2v) is 8.08. The largest absolute Gasteiger partial charge is 0.497 e. The standard InChI is InChI=1S/C26H25ClN4O2/c1-33-22-9-6-18(7-10-22)16-31-17-21(15-30-31)20-8-11-25(28)23(14-20)26(32)29-13-12-19-4-2-3-5-24(19)27/h2-11,14-15,17H,12-13,16,28H2,1H3,(H,29,32). The molecule has 1 amide bonds. The minimum atomic E-state index is -0.216. The Balaban J connectivity index is 1.43. The fraction of sp³-hybridized carbons (Fsp3) is 0.154. The highest BCUT2D eigenvalue weighted by molar-refractivity contribution is 6.31. The van der Waals surface area contributed by atoms with Crippen molar-refractivity contribution in [1.29, 1.82) is 0 Å². The molecule has 0 saturated carbocycles. The van der Waals surface area contributed by atoms with Crippen LogP contribution in [0.15, 0.2) is 79.1 Å². The molecule has 33 heavy (non-hydrogen) atoms. The fourth-order valence-corrected chi connectivity index (χ4v) is 3.79. The number of hydrogen-bond acceptors (Lipinski definition) is 4. The van der Waals surface area contributed by atoms with Gasteiger partial charge < -0.3 is 15.8 Å². The van der Waals surface area contributed by atoms with Crippen molar-refractivity contribution < 1.29 is 9.53 Å². The number of methoxy groups -OCH3 is 1. The predicted molar refractivity (Wildman–Crippen MR) is 132 cm³/mol. The van der Waals surface area contributed by atoms with Gasteiger partial charge in [-0.15, -0.1) is 0 Å². The highest BCUT2D eigenvalue weighted by atomic mass is 35.5. The number of rotatable bonds is 8. The third kappa shape index (κ3) is 5.54. The highest BCUT2D eigenvalue weighted by Gasteiger charge is 2.12. The van der Waals surface area contributed by atoms with Crippen LogP contribution in [0, 0.1) is 0 Å². The Hall–Kier alpha value is -3.77. The van der Waals surface area contributed by atoms with E-state index in [0.717, 1.165) is 28.0 Å². The monoisotopic (exact) mass is 460 g/mol. The zero-order valence-electron chi connectivity index (χ0n) is 18.3. The quantitative estimate of drug-likeness (QED) is 0.369. The van der Waals surface area contributed by atoms with E-state index in [-0.39, 0.29) is 5.91 Å². The van der Waals surface area contributed by atoms with Gasteiger partial charge in [-0.25, -0.2) is 0 Å². The number of aromatic nitrogens is 2. The van der Waals surface area contributed by atoms with Crippen LogP contribution in [0.4, 0.5) is 5.69 Å². The normalized spacial score (nSPS) is 10.7. The van der Waals surface area contributed by atoms with E-state index in [0.29, 0.717) is 35.8 Å². The number of nitrogens with two attached hydrogens (primary N) is 1. The van der Waals surface area contributed by atoms with Crippen molar-refractivity contribution in [3.05, 3.63) is 101 Å². The zero-order chi connectivity index (χ0) is 23.2. The van der Waals surface area contributed by atoms with E-state index in [1.54, 1.807) is 25.4 Å². The van der Waals surface area contributed by atoms with Crippen LogP contribution in [0.1, 0.15) is 21.5 Å². The van der Waals surface area contributed by atoms with E-state index in [2.05, 4.69) is 10.4 Å². The summed E-state index contributed by atoms with van der Waals surface area (Å²) in [7, 11) is 1.65. The number of carbonyl (C=O) groups excluding carboxylic acids is 1. The van der Waals surface area contributed by atoms with Crippen molar-refractivity contribution in [2.45, 2.75) is 13.0 Å². The Morgan fingerprint density at radius 2 is 1.88 bits per heavy atom. The number of nitrogen functional groups attached to an aromatic ring is 1. The SMILES string of the molecule is COc1ccc(Cn2cc(-c3ccc(N)c(C(=O)NCCc4ccccc4Cl)c3)cn2)cc1. The smallest absolute Gasteiger partial charge is 0.253 e. The van der Waals surface area contributed by atoms with Gasteiger partial charge in [-0.2, -0.15) is 5.10 Å². The summed E-state index contributed by atoms with van der Waals surface area (Å²) in [5, 5.41) is 8.09. The van der Waals surface area contributed by atoms with Gasteiger partial charge in [0.25, 0.3) is 5.91 Å². The van der Waals surface area contributed by atoms with Crippen LogP contribution < -0.4 is 15.8 Å². The Bertz CT molecular complexity index is 1250. The van der Waals surface area contributed by atoms with Crippen LogP contribution in [0.2, 0.25) is 5.02 Å². The van der Waals surface area contributed by atoms with Crippen LogP contribution in [-0.2, 0) is 13.0 Å². The number of halogens is 1. The highest BCUT2D eigenvalue weighted by Crippen LogP contribution is 2.24. The maximum absolute atomic E-state index is 12.8. The molecule has 3 aromatic carbocycles. The first-order valence-corrected chi connectivity index (χ1v) is 11.0. The van der Waals surface area contributed by atoms with E-state index in [1.165, 1.54) is 0 Å². The first kappa shape index (κ1) is 22.4. The summed E-state index contributed by atoms with van der Waals surface area (Å²) < 4.78 is 7.06. The lowest BCUT2D eigenvalue weighted by Crippen LogP contribution is -2.26. The van der Waals surface area contributed by atoms with Crippen molar-refractivity contribution in [3.63, 3.8) is 0 Å². The molecule has 0 atom stereocenters. The molecule has 6 nitrogen and oxygen atoms in total. The lowest BCUT2D eigenvalue weighted by molar-refractivity contribution is 0.0955. The molecular formula is C26H25ClN4O2. The number of carbonyl (C=O) groups is 1. The lowest BCUT2D eigenvalue weighted by Gasteiger charge is -2.10. The second kappa shape index (κ2) is 10.2. The van der Waals surface area contributed by atoms with Crippen molar-refractivity contribution >= 4 is 23.2 Å². The van der Waals surface area contributed by atoms with E-state index in [4.69, 9.17) is 22.1 Å². The first-order valence-electron chi connectivity index (χ1n) is 10.6. The molecule has 3 N–H and O–H groups in total. The van der Waals surface area contributed by atoms with E-state index < -0.39 is 0 Å². The van der Waals surface area contributed by atoms with Crippen LogP contribution in [0.3, 0.4) is 0 Å². The van der Waals surface area contributed by atoms with E-state index in [9.17, 15) is 4.79 Å². The average molecular weight is 461 g/mol. The van der Waals surface area contributed by atoms with Crippen LogP contribution in [0.25, 0.3) is 11.1 Å². The summed E-state index contributed by atoms with van der Waals surface area (Å²) in [6.45, 7) is 1.10. The molecule has 7 heteroatoms. The molecule has 4 aromatic rings. The Kier molecular flexibility index (Phi) is 6.95. The van der Waals surface area contributed by atoms with Gasteiger partial charge >= 0.3 is 0 Å². The average Bonchev–Trinajstić information content (AvgIpc) is 3.29. The van der Waals surface area contributed by atoms with Crippen molar-refractivity contribution in [3.8, 4) is 16.9 Å². The van der Waals surface area contributed by atoms with Gasteiger partial charge in [-0.1, -0.05) is 48.0 Å². The summed E-state index contributed by atoms with van der Waals surface area (Å²) in [5.41, 5.74) is 10.9. The Morgan fingerprint density at radius 1 is 1.09 bits per heavy atom. The molecule has 0 saturated heterocycles. The maximum atomic E-state index is 12.8. The van der Waals surface area contributed by atoms with Gasteiger partial charge in [0.05, 0.1) is 25.4 Å². The molecule has 1 aromatic heterocycles. The van der Waals surface area contributed by atoms with Gasteiger partial charge in [0.2, 0.25) is 0 Å². The van der Waals surface area contributed by atoms with E-state index in [1.807, 2.05) is 65.5 Å². The number of nitrogens with one attached hydrogen (secondary N) is 1. The Labute approximate surface area is 198 Å². The number of hydrogen-bond donors (Lipinski definition) is 2. The molecule has 0 spiro atoms. The molecule has 1 heterocycles. The van der Waals surface area contributed by atoms with Gasteiger partial charge in [-0.05, 0) is 53.4 Å². The molecule has 0 aliphatic rings. The topological polar surface area (TPSA) is 82.2 Å². The van der Waals surface area contributed by atoms with Gasteiger partial charge in [0, 0.05) is 29.0 Å². The number of anilines is 1. The predicted octanol–water partition coefficient (Wildman–Crippen LogP) is 4.82. The van der Waals surface area contributed by atoms with Crippen LogP contribution in [-0.4, -0.2) is 29.3 Å². The maximum Gasteiger partial charge on any atom is 0.253 e. The third-order valence-electron chi connectivity index (χ3n) is 5.41. The summed E-state index contributed by atoms with van der Waals surface area (Å²) in [5.74, 6) is 0.603. The molecule has 0 unspecified atom stereocenters. The third-order valence-corrected chi connectivity index (χ3v) is 5.77. The van der Waals surface area contributed by atoms with E-state index >= 15 is 0 Å². The Morgan fingerprint density at radius 3 is 2.64 bits per heavy atom. The zero-order valence-corrected chi connectivity index (χ0v) is 19.0. The second-order valence-electron chi connectivity index (χ2n) is 7.67. The molecule has 4 rings (SSSR count). The lowest BCUT2D eigenvalue weighted by atomic mass is 10.0. The summed E-state index contributed by atoms with van der Waals surface area (Å²) in [6, 6.07) is 20.9. The molecule has 0 fully saturated rings. The molecule has 0 aliphatic heterocycles. The number of ether oxygens (including phenoxy) is 1. The fourth-order valence-electron chi connectivity index (χ4n) is 3.56. The summed E-state index contributed by atoms with van der Waals surface area (Å²) in [4.78, 5) is 12.8. The van der Waals surface area contributed by atoms with Gasteiger partial charge in [0.1, 0.15) is 5.75 Å². The molecule has 168 valence electrons. The molecule has 0 bridgehead atoms. The number of benzene rings is 3. The number of amides is 1.